The molecule has 1 amide bonds. The largest absolute Gasteiger partial charge is 0.366 e. The molecule has 0 saturated carbocycles. The smallest absolute Gasteiger partial charge is 0.250 e. The lowest BCUT2D eigenvalue weighted by molar-refractivity contribution is 0.100. The number of benzene rings is 1. The quantitative estimate of drug-likeness (QED) is 0.484. The zero-order chi connectivity index (χ0) is 23.5. The third kappa shape index (κ3) is 5.15. The third-order valence-corrected chi connectivity index (χ3v) is 6.00. The van der Waals surface area contributed by atoms with E-state index < -0.39 is 5.91 Å². The maximum Gasteiger partial charge on any atom is 0.250 e. The first-order valence-corrected chi connectivity index (χ1v) is 11.0. The van der Waals surface area contributed by atoms with E-state index in [1.54, 1.807) is 24.3 Å². The fourth-order valence-corrected chi connectivity index (χ4v) is 3.94. The molecule has 1 fully saturated rings. The van der Waals surface area contributed by atoms with Gasteiger partial charge in [0, 0.05) is 19.1 Å². The second-order valence-electron chi connectivity index (χ2n) is 8.20. The number of para-hydroxylation sites is 1. The highest BCUT2D eigenvalue weighted by atomic mass is 35.5. The summed E-state index contributed by atoms with van der Waals surface area (Å²) in [5.74, 6) is 1.13. The molecule has 3 heterocycles. The van der Waals surface area contributed by atoms with Gasteiger partial charge in [0.15, 0.2) is 5.82 Å². The number of nitrogens with one attached hydrogen (secondary N) is 2. The molecule has 0 unspecified atom stereocenters. The monoisotopic (exact) mass is 466 g/mol. The lowest BCUT2D eigenvalue weighted by Gasteiger charge is -2.21. The molecule has 1 saturated heterocycles. The number of rotatable bonds is 7. The van der Waals surface area contributed by atoms with E-state index in [9.17, 15) is 4.79 Å². The van der Waals surface area contributed by atoms with Crippen molar-refractivity contribution in [1.29, 1.82) is 0 Å². The molecule has 0 bridgehead atoms. The third-order valence-electron chi connectivity index (χ3n) is 5.72. The van der Waals surface area contributed by atoms with Crippen LogP contribution in [0.3, 0.4) is 0 Å². The number of anilines is 5. The number of likely N-dealkylation sites (N-methyl/N-ethyl adjacent to an activating group) is 1. The van der Waals surface area contributed by atoms with Crippen LogP contribution in [-0.4, -0.2) is 59.0 Å². The van der Waals surface area contributed by atoms with Crippen LogP contribution in [0.1, 0.15) is 22.5 Å². The minimum absolute atomic E-state index is 0.314. The van der Waals surface area contributed by atoms with Crippen molar-refractivity contribution in [3.63, 3.8) is 0 Å². The van der Waals surface area contributed by atoms with Gasteiger partial charge in [-0.3, -0.25) is 4.79 Å². The Labute approximate surface area is 198 Å². The van der Waals surface area contributed by atoms with Gasteiger partial charge in [0.05, 0.1) is 28.8 Å². The Kier molecular flexibility index (Phi) is 6.62. The van der Waals surface area contributed by atoms with E-state index in [1.807, 2.05) is 19.1 Å². The first-order chi connectivity index (χ1) is 15.8. The average molecular weight is 467 g/mol. The maximum atomic E-state index is 11.7. The molecule has 0 spiro atoms. The van der Waals surface area contributed by atoms with Crippen molar-refractivity contribution in [2.24, 2.45) is 5.73 Å². The highest BCUT2D eigenvalue weighted by Gasteiger charge is 2.25. The summed E-state index contributed by atoms with van der Waals surface area (Å²) in [6.07, 6.45) is 2.62. The molecule has 33 heavy (non-hydrogen) atoms. The van der Waals surface area contributed by atoms with E-state index in [-0.39, 0.29) is 0 Å². The number of halogens is 1. The molecule has 4 N–H and O–H groups in total. The zero-order valence-electron chi connectivity index (χ0n) is 18.8. The first-order valence-electron chi connectivity index (χ1n) is 10.7. The van der Waals surface area contributed by atoms with Crippen molar-refractivity contribution in [3.8, 4) is 0 Å². The van der Waals surface area contributed by atoms with E-state index in [0.29, 0.717) is 34.1 Å². The number of carbonyl (C=O) groups excluding carboxylic acids is 1. The average Bonchev–Trinajstić information content (AvgIpc) is 3.28. The molecule has 0 radical (unpaired) electrons. The van der Waals surface area contributed by atoms with Gasteiger partial charge in [-0.2, -0.15) is 4.98 Å². The number of pyridine rings is 1. The fourth-order valence-electron chi connectivity index (χ4n) is 3.80. The van der Waals surface area contributed by atoms with Gasteiger partial charge >= 0.3 is 0 Å². The maximum absolute atomic E-state index is 11.7. The van der Waals surface area contributed by atoms with E-state index in [0.717, 1.165) is 36.7 Å². The van der Waals surface area contributed by atoms with E-state index >= 15 is 0 Å². The van der Waals surface area contributed by atoms with Crippen molar-refractivity contribution >= 4 is 46.5 Å². The number of carbonyl (C=O) groups is 1. The van der Waals surface area contributed by atoms with Gasteiger partial charge in [0.1, 0.15) is 10.8 Å². The Morgan fingerprint density at radius 3 is 2.64 bits per heavy atom. The van der Waals surface area contributed by atoms with Crippen LogP contribution >= 0.6 is 11.6 Å². The number of aromatic nitrogens is 3. The Morgan fingerprint density at radius 2 is 1.94 bits per heavy atom. The van der Waals surface area contributed by atoms with Crippen LogP contribution in [0.5, 0.6) is 0 Å². The minimum Gasteiger partial charge on any atom is -0.366 e. The first kappa shape index (κ1) is 22.8. The summed E-state index contributed by atoms with van der Waals surface area (Å²) in [4.78, 5) is 29.8. The van der Waals surface area contributed by atoms with Crippen molar-refractivity contribution < 1.29 is 4.79 Å². The Bertz CT molecular complexity index is 1170. The molecular weight excluding hydrogens is 440 g/mol. The molecule has 4 rings (SSSR count). The Hall–Kier alpha value is -3.43. The van der Waals surface area contributed by atoms with Crippen molar-refractivity contribution in [3.05, 3.63) is 58.9 Å². The summed E-state index contributed by atoms with van der Waals surface area (Å²) in [6, 6.07) is 11.4. The SMILES string of the molecule is Cc1nc(N2CC[C@@H](N(C)C)C2)ccc1Nc1ncc(Cl)c(Nc2ccccc2C(N)=O)n1. The number of hydrogen-bond donors (Lipinski definition) is 3. The zero-order valence-corrected chi connectivity index (χ0v) is 19.6. The summed E-state index contributed by atoms with van der Waals surface area (Å²) >= 11 is 6.29. The Balaban J connectivity index is 1.51. The molecule has 1 aliphatic rings. The number of primary amides is 1. The summed E-state index contributed by atoms with van der Waals surface area (Å²) < 4.78 is 0. The van der Waals surface area contributed by atoms with Crippen LogP contribution in [0.2, 0.25) is 5.02 Å². The molecule has 9 nitrogen and oxygen atoms in total. The lowest BCUT2D eigenvalue weighted by atomic mass is 10.1. The van der Waals surface area contributed by atoms with Crippen LogP contribution in [0, 0.1) is 6.92 Å². The summed E-state index contributed by atoms with van der Waals surface area (Å²) in [7, 11) is 4.23. The summed E-state index contributed by atoms with van der Waals surface area (Å²) in [5.41, 5.74) is 7.96. The van der Waals surface area contributed by atoms with Crippen LogP contribution in [0.15, 0.2) is 42.6 Å². The van der Waals surface area contributed by atoms with E-state index in [1.165, 1.54) is 6.20 Å². The minimum atomic E-state index is -0.543. The summed E-state index contributed by atoms with van der Waals surface area (Å²) in [6.45, 7) is 3.90. The topological polar surface area (TPSA) is 112 Å². The van der Waals surface area contributed by atoms with Gasteiger partial charge in [0.25, 0.3) is 5.91 Å². The van der Waals surface area contributed by atoms with Gasteiger partial charge in [0.2, 0.25) is 5.95 Å². The number of amides is 1. The Morgan fingerprint density at radius 1 is 1.15 bits per heavy atom. The normalized spacial score (nSPS) is 15.7. The van der Waals surface area contributed by atoms with Gasteiger partial charge in [-0.25, -0.2) is 9.97 Å². The molecule has 3 aromatic rings. The van der Waals surface area contributed by atoms with Crippen molar-refractivity contribution in [1.82, 2.24) is 19.9 Å². The van der Waals surface area contributed by atoms with E-state index in [2.05, 4.69) is 44.5 Å². The van der Waals surface area contributed by atoms with Gasteiger partial charge < -0.3 is 26.2 Å². The van der Waals surface area contributed by atoms with Gasteiger partial charge in [-0.15, -0.1) is 0 Å². The molecule has 1 aromatic carbocycles. The van der Waals surface area contributed by atoms with Crippen LogP contribution in [-0.2, 0) is 0 Å². The van der Waals surface area contributed by atoms with Gasteiger partial charge in [-0.1, -0.05) is 23.7 Å². The fraction of sp³-hybridized carbons (Fsp3) is 0.304. The second kappa shape index (κ2) is 9.60. The van der Waals surface area contributed by atoms with E-state index in [4.69, 9.17) is 22.3 Å². The molecule has 2 aromatic heterocycles. The van der Waals surface area contributed by atoms with Gasteiger partial charge in [-0.05, 0) is 51.7 Å². The molecular formula is C23H27ClN8O. The van der Waals surface area contributed by atoms with Crippen LogP contribution in [0.4, 0.5) is 29.0 Å². The van der Waals surface area contributed by atoms with Crippen LogP contribution in [0.25, 0.3) is 0 Å². The molecule has 172 valence electrons. The molecule has 10 heteroatoms. The standard InChI is InChI=1S/C23H27ClN8O/c1-14-18(8-9-20(27-14)32-11-10-15(13-32)31(2)3)29-23-26-12-17(24)22(30-23)28-19-7-5-4-6-16(19)21(25)33/h4-9,12,15H,10-11,13H2,1-3H3,(H2,25,33)(H2,26,28,29,30)/t15-/m1/s1. The number of aryl methyl sites for hydroxylation is 1. The molecule has 0 aliphatic carbocycles. The number of hydrogen-bond acceptors (Lipinski definition) is 8. The van der Waals surface area contributed by atoms with Crippen LogP contribution < -0.4 is 21.3 Å². The number of nitrogens with zero attached hydrogens (tertiary/aromatic N) is 5. The molecule has 1 atom stereocenters. The van der Waals surface area contributed by atoms with Crippen molar-refractivity contribution in [2.75, 3.05) is 42.7 Å². The second-order valence-corrected chi connectivity index (χ2v) is 8.61. The van der Waals surface area contributed by atoms with Crippen molar-refractivity contribution in [2.45, 2.75) is 19.4 Å². The summed E-state index contributed by atoms with van der Waals surface area (Å²) in [5, 5.41) is 6.59. The highest BCUT2D eigenvalue weighted by Crippen LogP contribution is 2.28. The predicted octanol–water partition coefficient (Wildman–Crippen LogP) is 3.56. The number of nitrogens with two attached hydrogens (primary N) is 1. The highest BCUT2D eigenvalue weighted by molar-refractivity contribution is 6.33. The molecule has 1 aliphatic heterocycles. The predicted molar refractivity (Wildman–Crippen MR) is 132 cm³/mol. The lowest BCUT2D eigenvalue weighted by Crippen LogP contribution is -2.31.